The van der Waals surface area contributed by atoms with Crippen LogP contribution in [0.3, 0.4) is 0 Å². The summed E-state index contributed by atoms with van der Waals surface area (Å²) in [5.41, 5.74) is 5.01. The van der Waals surface area contributed by atoms with E-state index in [1.54, 1.807) is 19.2 Å². The second-order valence-corrected chi connectivity index (χ2v) is 9.12. The Morgan fingerprint density at radius 2 is 1.72 bits per heavy atom. The van der Waals surface area contributed by atoms with Crippen molar-refractivity contribution in [3.63, 3.8) is 0 Å². The Morgan fingerprint density at radius 1 is 0.972 bits per heavy atom. The number of piperazine rings is 1. The van der Waals surface area contributed by atoms with Crippen molar-refractivity contribution in [2.24, 2.45) is 0 Å². The number of benzene rings is 2. The van der Waals surface area contributed by atoms with Crippen LogP contribution in [0.25, 0.3) is 5.69 Å². The molecule has 0 radical (unpaired) electrons. The standard InChI is InChI=1S/C27H29N5O4/c1-18-16-19(2)32(28-18)21-7-4-6-20(17-21)25(33)30-12-10-29(11-13-30)23-9-5-8-22-24(23)27(35)31(26(22)34)14-15-36-3/h4-9,16-17H,10-15H2,1-3H3. The van der Waals surface area contributed by atoms with Crippen LogP contribution in [0.15, 0.2) is 48.5 Å². The molecule has 0 unspecified atom stereocenters. The Kier molecular flexibility index (Phi) is 6.32. The number of aryl methyl sites for hydroxylation is 2. The fourth-order valence-electron chi connectivity index (χ4n) is 4.96. The highest BCUT2D eigenvalue weighted by Gasteiger charge is 2.38. The molecule has 1 aromatic heterocycles. The predicted octanol–water partition coefficient (Wildman–Crippen LogP) is 2.69. The van der Waals surface area contributed by atoms with E-state index in [-0.39, 0.29) is 24.3 Å². The molecular formula is C27H29N5O4. The van der Waals surface area contributed by atoms with Gasteiger partial charge in [-0.25, -0.2) is 4.68 Å². The highest BCUT2D eigenvalue weighted by molar-refractivity contribution is 6.23. The average molecular weight is 488 g/mol. The first-order chi connectivity index (χ1) is 17.4. The van der Waals surface area contributed by atoms with Crippen LogP contribution < -0.4 is 4.90 Å². The van der Waals surface area contributed by atoms with Crippen molar-refractivity contribution in [1.82, 2.24) is 19.6 Å². The molecule has 186 valence electrons. The molecule has 3 heterocycles. The van der Waals surface area contributed by atoms with Crippen molar-refractivity contribution in [3.05, 3.63) is 76.6 Å². The molecule has 1 fully saturated rings. The lowest BCUT2D eigenvalue weighted by Crippen LogP contribution is -2.49. The van der Waals surface area contributed by atoms with E-state index in [1.807, 2.05) is 59.8 Å². The van der Waals surface area contributed by atoms with Gasteiger partial charge < -0.3 is 14.5 Å². The monoisotopic (exact) mass is 487 g/mol. The third kappa shape index (κ3) is 4.15. The van der Waals surface area contributed by atoms with Crippen molar-refractivity contribution in [1.29, 1.82) is 0 Å². The summed E-state index contributed by atoms with van der Waals surface area (Å²) >= 11 is 0. The zero-order chi connectivity index (χ0) is 25.4. The highest BCUT2D eigenvalue weighted by Crippen LogP contribution is 2.32. The minimum atomic E-state index is -0.290. The lowest BCUT2D eigenvalue weighted by molar-refractivity contribution is 0.0602. The first-order valence-corrected chi connectivity index (χ1v) is 12.0. The van der Waals surface area contributed by atoms with Gasteiger partial charge in [0.2, 0.25) is 0 Å². The van der Waals surface area contributed by atoms with E-state index < -0.39 is 0 Å². The largest absolute Gasteiger partial charge is 0.383 e. The van der Waals surface area contributed by atoms with Gasteiger partial charge in [0.05, 0.1) is 41.3 Å². The Hall–Kier alpha value is -3.98. The molecule has 9 nitrogen and oxygen atoms in total. The molecule has 1 saturated heterocycles. The Balaban J connectivity index is 1.30. The highest BCUT2D eigenvalue weighted by atomic mass is 16.5. The minimum Gasteiger partial charge on any atom is -0.383 e. The van der Waals surface area contributed by atoms with Gasteiger partial charge in [-0.15, -0.1) is 0 Å². The van der Waals surface area contributed by atoms with Crippen LogP contribution >= 0.6 is 0 Å². The van der Waals surface area contributed by atoms with Crippen molar-refractivity contribution < 1.29 is 19.1 Å². The van der Waals surface area contributed by atoms with Crippen molar-refractivity contribution in [3.8, 4) is 5.69 Å². The number of hydrogen-bond acceptors (Lipinski definition) is 6. The molecular weight excluding hydrogens is 458 g/mol. The van der Waals surface area contributed by atoms with Gasteiger partial charge in [0.25, 0.3) is 17.7 Å². The Labute approximate surface area is 209 Å². The quantitative estimate of drug-likeness (QED) is 0.497. The molecule has 3 amide bonds. The van der Waals surface area contributed by atoms with Gasteiger partial charge in [-0.3, -0.25) is 19.3 Å². The summed E-state index contributed by atoms with van der Waals surface area (Å²) in [5, 5.41) is 4.52. The third-order valence-electron chi connectivity index (χ3n) is 6.75. The normalized spacial score (nSPS) is 15.6. The Morgan fingerprint density at radius 3 is 2.42 bits per heavy atom. The fourth-order valence-corrected chi connectivity index (χ4v) is 4.96. The zero-order valence-electron chi connectivity index (χ0n) is 20.7. The number of imide groups is 1. The third-order valence-corrected chi connectivity index (χ3v) is 6.75. The summed E-state index contributed by atoms with van der Waals surface area (Å²) in [5.74, 6) is -0.611. The SMILES string of the molecule is COCCN1C(=O)c2cccc(N3CCN(C(=O)c4cccc(-n5nc(C)cc5C)c4)CC3)c2C1=O. The van der Waals surface area contributed by atoms with E-state index in [1.165, 1.54) is 4.90 Å². The fraction of sp³-hybridized carbons (Fsp3) is 0.333. The molecule has 5 rings (SSSR count). The summed E-state index contributed by atoms with van der Waals surface area (Å²) in [6.07, 6.45) is 0. The molecule has 2 aliphatic heterocycles. The lowest BCUT2D eigenvalue weighted by atomic mass is 10.1. The van der Waals surface area contributed by atoms with Crippen LogP contribution in [0.4, 0.5) is 5.69 Å². The van der Waals surface area contributed by atoms with Crippen molar-refractivity contribution >= 4 is 23.4 Å². The number of carbonyl (C=O) groups excluding carboxylic acids is 3. The van der Waals surface area contributed by atoms with E-state index in [0.717, 1.165) is 22.8 Å². The lowest BCUT2D eigenvalue weighted by Gasteiger charge is -2.36. The maximum absolute atomic E-state index is 13.3. The number of rotatable bonds is 6. The van der Waals surface area contributed by atoms with Crippen molar-refractivity contribution in [2.75, 3.05) is 51.3 Å². The number of nitrogens with zero attached hydrogens (tertiary/aromatic N) is 5. The molecule has 0 N–H and O–H groups in total. The number of aromatic nitrogens is 2. The van der Waals surface area contributed by atoms with Gasteiger partial charge >= 0.3 is 0 Å². The molecule has 0 atom stereocenters. The Bertz CT molecular complexity index is 1340. The van der Waals surface area contributed by atoms with Crippen LogP contribution in [-0.4, -0.2) is 83.7 Å². The van der Waals surface area contributed by atoms with E-state index in [9.17, 15) is 14.4 Å². The summed E-state index contributed by atoms with van der Waals surface area (Å²) in [4.78, 5) is 44.3. The van der Waals surface area contributed by atoms with E-state index in [4.69, 9.17) is 4.74 Å². The predicted molar refractivity (Wildman–Crippen MR) is 135 cm³/mol. The summed E-state index contributed by atoms with van der Waals surface area (Å²) in [6.45, 7) is 6.62. The van der Waals surface area contributed by atoms with Crippen LogP contribution in [-0.2, 0) is 4.74 Å². The molecule has 0 aliphatic carbocycles. The molecule has 2 aromatic carbocycles. The zero-order valence-corrected chi connectivity index (χ0v) is 20.7. The second-order valence-electron chi connectivity index (χ2n) is 9.12. The van der Waals surface area contributed by atoms with Gasteiger partial charge in [-0.05, 0) is 50.2 Å². The van der Waals surface area contributed by atoms with Gasteiger partial charge in [0, 0.05) is 44.5 Å². The number of methoxy groups -OCH3 is 1. The number of carbonyl (C=O) groups is 3. The van der Waals surface area contributed by atoms with Gasteiger partial charge in [-0.2, -0.15) is 5.10 Å². The van der Waals surface area contributed by atoms with Crippen molar-refractivity contribution in [2.45, 2.75) is 13.8 Å². The summed E-state index contributed by atoms with van der Waals surface area (Å²) < 4.78 is 6.90. The molecule has 0 spiro atoms. The van der Waals surface area contributed by atoms with Gasteiger partial charge in [0.1, 0.15) is 0 Å². The van der Waals surface area contributed by atoms with E-state index >= 15 is 0 Å². The maximum atomic E-state index is 13.3. The number of fused-ring (bicyclic) bond motifs is 1. The summed E-state index contributed by atoms with van der Waals surface area (Å²) in [6, 6.07) is 14.9. The second kappa shape index (κ2) is 9.58. The molecule has 0 bridgehead atoms. The van der Waals surface area contributed by atoms with Gasteiger partial charge in [0.15, 0.2) is 0 Å². The average Bonchev–Trinajstić information content (AvgIpc) is 3.37. The van der Waals surface area contributed by atoms with Crippen LogP contribution in [0.1, 0.15) is 42.5 Å². The van der Waals surface area contributed by atoms with Crippen LogP contribution in [0.5, 0.6) is 0 Å². The first kappa shape index (κ1) is 23.7. The molecule has 2 aliphatic rings. The number of ether oxygens (including phenoxy) is 1. The number of amides is 3. The first-order valence-electron chi connectivity index (χ1n) is 12.0. The van der Waals surface area contributed by atoms with E-state index in [2.05, 4.69) is 10.00 Å². The molecule has 0 saturated carbocycles. The molecule has 9 heteroatoms. The number of anilines is 1. The topological polar surface area (TPSA) is 88.0 Å². The van der Waals surface area contributed by atoms with Gasteiger partial charge in [-0.1, -0.05) is 12.1 Å². The van der Waals surface area contributed by atoms with E-state index in [0.29, 0.717) is 49.5 Å². The molecule has 3 aromatic rings. The maximum Gasteiger partial charge on any atom is 0.263 e. The number of hydrogen-bond donors (Lipinski definition) is 0. The summed E-state index contributed by atoms with van der Waals surface area (Å²) in [7, 11) is 1.54. The van der Waals surface area contributed by atoms with Crippen LogP contribution in [0, 0.1) is 13.8 Å². The van der Waals surface area contributed by atoms with Crippen LogP contribution in [0.2, 0.25) is 0 Å². The molecule has 36 heavy (non-hydrogen) atoms. The minimum absolute atomic E-state index is 0.0340. The smallest absolute Gasteiger partial charge is 0.263 e.